The molecule has 0 unspecified atom stereocenters. The SMILES string of the molecule is CC.COC1=CC(C(=O)c2[nH]nc3c(C)c(OC)ccc23)=CCC(OC)=C1OC. The number of benzene rings is 1. The molecule has 3 rings (SSSR count). The summed E-state index contributed by atoms with van der Waals surface area (Å²) in [5.41, 5.74) is 2.45. The van der Waals surface area contributed by atoms with Gasteiger partial charge in [-0.1, -0.05) is 19.9 Å². The van der Waals surface area contributed by atoms with Gasteiger partial charge in [0, 0.05) is 22.9 Å². The summed E-state index contributed by atoms with van der Waals surface area (Å²) in [6, 6.07) is 3.66. The molecule has 2 aromatic rings. The zero-order chi connectivity index (χ0) is 21.6. The van der Waals surface area contributed by atoms with Crippen molar-refractivity contribution in [1.82, 2.24) is 10.2 Å². The fraction of sp³-hybridized carbons (Fsp3) is 0.364. The summed E-state index contributed by atoms with van der Waals surface area (Å²) >= 11 is 0. The van der Waals surface area contributed by atoms with Gasteiger partial charge in [0.1, 0.15) is 17.2 Å². The van der Waals surface area contributed by atoms with Gasteiger partial charge in [0.15, 0.2) is 11.5 Å². The molecule has 7 heteroatoms. The number of H-pyrrole nitrogens is 1. The third-order valence-electron chi connectivity index (χ3n) is 4.58. The highest BCUT2D eigenvalue weighted by Gasteiger charge is 2.24. The van der Waals surface area contributed by atoms with E-state index in [0.29, 0.717) is 40.5 Å². The number of methoxy groups -OCH3 is 4. The molecule has 0 spiro atoms. The number of rotatable bonds is 6. The van der Waals surface area contributed by atoms with Crippen LogP contribution in [0, 0.1) is 6.92 Å². The van der Waals surface area contributed by atoms with E-state index in [4.69, 9.17) is 18.9 Å². The summed E-state index contributed by atoms with van der Waals surface area (Å²) in [5, 5.41) is 7.91. The number of ketones is 1. The summed E-state index contributed by atoms with van der Waals surface area (Å²) < 4.78 is 21.5. The van der Waals surface area contributed by atoms with Gasteiger partial charge in [-0.3, -0.25) is 9.89 Å². The second-order valence-electron chi connectivity index (χ2n) is 5.95. The number of fused-ring (bicyclic) bond motifs is 1. The van der Waals surface area contributed by atoms with Crippen molar-refractivity contribution in [3.05, 3.63) is 58.4 Å². The Morgan fingerprint density at radius 1 is 1.03 bits per heavy atom. The van der Waals surface area contributed by atoms with Crippen LogP contribution in [0.3, 0.4) is 0 Å². The normalized spacial score (nSPS) is 13.6. The fourth-order valence-electron chi connectivity index (χ4n) is 3.14. The van der Waals surface area contributed by atoms with Crippen molar-refractivity contribution in [2.24, 2.45) is 0 Å². The van der Waals surface area contributed by atoms with Crippen LogP contribution in [0.1, 0.15) is 36.3 Å². The van der Waals surface area contributed by atoms with Crippen LogP contribution in [0.5, 0.6) is 5.75 Å². The van der Waals surface area contributed by atoms with E-state index >= 15 is 0 Å². The van der Waals surface area contributed by atoms with E-state index in [1.807, 2.05) is 32.9 Å². The molecule has 0 atom stereocenters. The van der Waals surface area contributed by atoms with Gasteiger partial charge < -0.3 is 18.9 Å². The summed E-state index contributed by atoms with van der Waals surface area (Å²) in [6.07, 6.45) is 3.84. The van der Waals surface area contributed by atoms with Crippen molar-refractivity contribution >= 4 is 16.7 Å². The highest BCUT2D eigenvalue weighted by Crippen LogP contribution is 2.31. The predicted molar refractivity (Wildman–Crippen MR) is 112 cm³/mol. The van der Waals surface area contributed by atoms with Gasteiger partial charge in [-0.2, -0.15) is 5.10 Å². The first-order valence-electron chi connectivity index (χ1n) is 9.39. The Morgan fingerprint density at radius 3 is 2.34 bits per heavy atom. The highest BCUT2D eigenvalue weighted by atomic mass is 16.5. The molecule has 7 nitrogen and oxygen atoms in total. The molecule has 1 N–H and O–H groups in total. The monoisotopic (exact) mass is 400 g/mol. The Hall–Kier alpha value is -3.22. The maximum atomic E-state index is 13.2. The molecule has 0 fully saturated rings. The van der Waals surface area contributed by atoms with Crippen LogP contribution >= 0.6 is 0 Å². The fourth-order valence-corrected chi connectivity index (χ4v) is 3.14. The molecule has 0 saturated carbocycles. The van der Waals surface area contributed by atoms with Crippen molar-refractivity contribution in [3.8, 4) is 5.75 Å². The van der Waals surface area contributed by atoms with Gasteiger partial charge in [-0.25, -0.2) is 0 Å². The summed E-state index contributed by atoms with van der Waals surface area (Å²) in [7, 11) is 6.22. The van der Waals surface area contributed by atoms with E-state index in [1.165, 1.54) is 14.2 Å². The molecule has 1 aromatic heterocycles. The third kappa shape index (κ3) is 4.13. The number of nitrogens with zero attached hydrogens (tertiary/aromatic N) is 1. The lowest BCUT2D eigenvalue weighted by Crippen LogP contribution is -2.05. The van der Waals surface area contributed by atoms with Crippen LogP contribution in [-0.4, -0.2) is 44.4 Å². The summed E-state index contributed by atoms with van der Waals surface area (Å²) in [6.45, 7) is 5.91. The number of carbonyl (C=O) groups is 1. The summed E-state index contributed by atoms with van der Waals surface area (Å²) in [4.78, 5) is 13.2. The molecule has 0 saturated heterocycles. The Balaban J connectivity index is 0.00000145. The molecule has 0 aliphatic heterocycles. The molecule has 156 valence electrons. The van der Waals surface area contributed by atoms with Gasteiger partial charge in [-0.15, -0.1) is 0 Å². The topological polar surface area (TPSA) is 82.7 Å². The number of aromatic amines is 1. The Bertz CT molecular complexity index is 982. The van der Waals surface area contributed by atoms with Crippen molar-refractivity contribution < 1.29 is 23.7 Å². The van der Waals surface area contributed by atoms with Gasteiger partial charge >= 0.3 is 0 Å². The first-order chi connectivity index (χ1) is 14.0. The molecule has 1 heterocycles. The minimum atomic E-state index is -0.190. The second-order valence-corrected chi connectivity index (χ2v) is 5.95. The highest BCUT2D eigenvalue weighted by molar-refractivity contribution is 6.16. The molecular formula is C22H28N2O5. The van der Waals surface area contributed by atoms with Crippen molar-refractivity contribution in [1.29, 1.82) is 0 Å². The van der Waals surface area contributed by atoms with Crippen LogP contribution in [0.4, 0.5) is 0 Å². The van der Waals surface area contributed by atoms with Crippen molar-refractivity contribution in [2.45, 2.75) is 27.2 Å². The maximum Gasteiger partial charge on any atom is 0.211 e. The van der Waals surface area contributed by atoms with E-state index in [1.54, 1.807) is 26.4 Å². The smallest absolute Gasteiger partial charge is 0.211 e. The van der Waals surface area contributed by atoms with Crippen LogP contribution in [0.2, 0.25) is 0 Å². The van der Waals surface area contributed by atoms with Gasteiger partial charge in [0.2, 0.25) is 5.78 Å². The number of ether oxygens (including phenoxy) is 4. The average Bonchev–Trinajstić information content (AvgIpc) is 3.10. The van der Waals surface area contributed by atoms with E-state index in [0.717, 1.165) is 16.7 Å². The largest absolute Gasteiger partial charge is 0.497 e. The lowest BCUT2D eigenvalue weighted by Gasteiger charge is -2.12. The van der Waals surface area contributed by atoms with E-state index in [9.17, 15) is 4.79 Å². The van der Waals surface area contributed by atoms with E-state index in [-0.39, 0.29) is 5.78 Å². The Kier molecular flexibility index (Phi) is 7.47. The average molecular weight is 400 g/mol. The van der Waals surface area contributed by atoms with Crippen LogP contribution in [0.25, 0.3) is 10.9 Å². The van der Waals surface area contributed by atoms with Crippen molar-refractivity contribution in [2.75, 3.05) is 28.4 Å². The zero-order valence-electron chi connectivity index (χ0n) is 18.0. The minimum Gasteiger partial charge on any atom is -0.497 e. The quantitative estimate of drug-likeness (QED) is 0.721. The van der Waals surface area contributed by atoms with Crippen LogP contribution in [-0.2, 0) is 14.2 Å². The number of carbonyl (C=O) groups excluding carboxylic acids is 1. The third-order valence-corrected chi connectivity index (χ3v) is 4.58. The molecule has 1 aliphatic carbocycles. The second kappa shape index (κ2) is 9.82. The number of nitrogens with one attached hydrogen (secondary N) is 1. The molecule has 0 amide bonds. The molecule has 0 bridgehead atoms. The van der Waals surface area contributed by atoms with Crippen molar-refractivity contribution in [3.63, 3.8) is 0 Å². The lowest BCUT2D eigenvalue weighted by molar-refractivity contribution is 0.103. The number of hydrogen-bond acceptors (Lipinski definition) is 6. The number of hydrogen-bond donors (Lipinski definition) is 1. The Labute approximate surface area is 171 Å². The van der Waals surface area contributed by atoms with Crippen LogP contribution < -0.4 is 4.74 Å². The number of aryl methyl sites for hydroxylation is 1. The molecular weight excluding hydrogens is 372 g/mol. The first kappa shape index (κ1) is 22.1. The number of allylic oxidation sites excluding steroid dienone is 3. The van der Waals surface area contributed by atoms with Gasteiger partial charge in [0.05, 0.1) is 34.0 Å². The number of aromatic nitrogens is 2. The van der Waals surface area contributed by atoms with E-state index < -0.39 is 0 Å². The minimum absolute atomic E-state index is 0.190. The molecule has 0 radical (unpaired) electrons. The zero-order valence-corrected chi connectivity index (χ0v) is 18.0. The van der Waals surface area contributed by atoms with Gasteiger partial charge in [0.25, 0.3) is 0 Å². The lowest BCUT2D eigenvalue weighted by atomic mass is 10.0. The summed E-state index contributed by atoms with van der Waals surface area (Å²) in [5.74, 6) is 2.01. The number of Topliss-reactive ketones (excluding diaryl/α,β-unsaturated/α-hetero) is 1. The standard InChI is InChI=1S/C20H22N2O5.C2H6/c1-11-14(24-2)9-7-13-17(11)21-22-18(13)19(23)12-6-8-15(25-3)20(27-5)16(10-12)26-4;1-2/h6-7,9-10H,8H2,1-5H3,(H,21,22);1-2H3. The van der Waals surface area contributed by atoms with Crippen LogP contribution in [0.15, 0.2) is 47.1 Å². The maximum absolute atomic E-state index is 13.2. The van der Waals surface area contributed by atoms with E-state index in [2.05, 4.69) is 10.2 Å². The first-order valence-corrected chi connectivity index (χ1v) is 9.39. The predicted octanol–water partition coefficient (Wildman–Crippen LogP) is 4.45. The Morgan fingerprint density at radius 2 is 1.76 bits per heavy atom. The van der Waals surface area contributed by atoms with Gasteiger partial charge in [-0.05, 0) is 25.1 Å². The molecule has 1 aliphatic rings. The molecule has 1 aromatic carbocycles. The molecule has 29 heavy (non-hydrogen) atoms.